The summed E-state index contributed by atoms with van der Waals surface area (Å²) in [7, 11) is 2.83. The molecule has 0 aliphatic heterocycles. The Hall–Kier alpha value is -3.46. The number of hydrogen-bond donors (Lipinski definition) is 0. The molecular formula is C28H30BrN3O5. The summed E-state index contributed by atoms with van der Waals surface area (Å²) in [6, 6.07) is 9.15. The molecule has 1 saturated carbocycles. The van der Waals surface area contributed by atoms with E-state index in [1.165, 1.54) is 25.3 Å². The first-order valence-corrected chi connectivity index (χ1v) is 13.0. The summed E-state index contributed by atoms with van der Waals surface area (Å²) in [4.78, 5) is 30.1. The number of carbonyl (C=O) groups excluding carboxylic acids is 1. The van der Waals surface area contributed by atoms with E-state index in [1.54, 1.807) is 24.4 Å². The first-order chi connectivity index (χ1) is 17.9. The Morgan fingerprint density at radius 2 is 2.00 bits per heavy atom. The van der Waals surface area contributed by atoms with Crippen molar-refractivity contribution in [3.63, 3.8) is 0 Å². The molecule has 1 heterocycles. The third kappa shape index (κ3) is 6.10. The molecular weight excluding hydrogens is 538 g/mol. The number of ether oxygens (including phenoxy) is 3. The molecule has 1 aliphatic rings. The first-order valence-electron chi connectivity index (χ1n) is 12.2. The second-order valence-electron chi connectivity index (χ2n) is 8.90. The lowest BCUT2D eigenvalue weighted by Gasteiger charge is -2.22. The van der Waals surface area contributed by atoms with Crippen molar-refractivity contribution in [2.24, 2.45) is 5.10 Å². The van der Waals surface area contributed by atoms with Crippen molar-refractivity contribution in [1.29, 1.82) is 0 Å². The number of aromatic nitrogens is 2. The van der Waals surface area contributed by atoms with Crippen LogP contribution in [0.15, 0.2) is 57.4 Å². The third-order valence-corrected chi connectivity index (χ3v) is 6.92. The zero-order valence-electron chi connectivity index (χ0n) is 21.0. The molecule has 37 heavy (non-hydrogen) atoms. The Balaban J connectivity index is 1.79. The highest BCUT2D eigenvalue weighted by Crippen LogP contribution is 2.34. The molecule has 1 fully saturated rings. The number of allylic oxidation sites excluding steroid dienone is 1. The monoisotopic (exact) mass is 567 g/mol. The zero-order chi connectivity index (χ0) is 26.4. The number of hydrogen-bond acceptors (Lipinski definition) is 7. The van der Waals surface area contributed by atoms with Crippen LogP contribution in [0.4, 0.5) is 0 Å². The second-order valence-corrected chi connectivity index (χ2v) is 9.81. The van der Waals surface area contributed by atoms with Gasteiger partial charge in [0.25, 0.3) is 5.56 Å². The average molecular weight is 568 g/mol. The van der Waals surface area contributed by atoms with E-state index in [-0.39, 0.29) is 18.1 Å². The molecule has 2 aromatic carbocycles. The van der Waals surface area contributed by atoms with E-state index in [1.807, 2.05) is 18.2 Å². The SMILES string of the molecule is C=CCc1cc(C=Nn2c(C3CCCCC3)nc3ccc(Br)cc3c2=O)cc(OC)c1OCC(=O)OC. The van der Waals surface area contributed by atoms with Crippen LogP contribution in [0, 0.1) is 0 Å². The first kappa shape index (κ1) is 26.6. The van der Waals surface area contributed by atoms with Crippen molar-refractivity contribution < 1.29 is 19.0 Å². The van der Waals surface area contributed by atoms with Gasteiger partial charge in [-0.3, -0.25) is 4.79 Å². The van der Waals surface area contributed by atoms with E-state index >= 15 is 0 Å². The molecule has 0 amide bonds. The number of nitrogens with zero attached hydrogens (tertiary/aromatic N) is 3. The Morgan fingerprint density at radius 3 is 2.70 bits per heavy atom. The van der Waals surface area contributed by atoms with Crippen LogP contribution in [0.3, 0.4) is 0 Å². The maximum absolute atomic E-state index is 13.6. The number of benzene rings is 2. The maximum Gasteiger partial charge on any atom is 0.343 e. The van der Waals surface area contributed by atoms with Gasteiger partial charge in [-0.2, -0.15) is 9.78 Å². The van der Waals surface area contributed by atoms with Crippen molar-refractivity contribution in [2.75, 3.05) is 20.8 Å². The molecule has 1 aliphatic carbocycles. The number of halogens is 1. The summed E-state index contributed by atoms with van der Waals surface area (Å²) in [6.07, 6.45) is 9.21. The minimum atomic E-state index is -0.498. The van der Waals surface area contributed by atoms with Crippen LogP contribution >= 0.6 is 15.9 Å². The Labute approximate surface area is 224 Å². The van der Waals surface area contributed by atoms with Crippen molar-refractivity contribution in [2.45, 2.75) is 44.4 Å². The molecule has 194 valence electrons. The van der Waals surface area contributed by atoms with Crippen LogP contribution in [-0.4, -0.2) is 42.7 Å². The molecule has 3 aromatic rings. The molecule has 0 atom stereocenters. The lowest BCUT2D eigenvalue weighted by atomic mass is 9.88. The van der Waals surface area contributed by atoms with Gasteiger partial charge in [0.1, 0.15) is 5.82 Å². The molecule has 9 heteroatoms. The van der Waals surface area contributed by atoms with E-state index in [0.29, 0.717) is 40.2 Å². The van der Waals surface area contributed by atoms with E-state index in [9.17, 15) is 9.59 Å². The zero-order valence-corrected chi connectivity index (χ0v) is 22.6. The molecule has 1 aromatic heterocycles. The van der Waals surface area contributed by atoms with Crippen molar-refractivity contribution in [3.8, 4) is 11.5 Å². The van der Waals surface area contributed by atoms with Crippen LogP contribution in [0.25, 0.3) is 10.9 Å². The summed E-state index contributed by atoms with van der Waals surface area (Å²) >= 11 is 3.46. The molecule has 0 spiro atoms. The van der Waals surface area contributed by atoms with Gasteiger partial charge in [-0.1, -0.05) is 41.3 Å². The topological polar surface area (TPSA) is 92.0 Å². The van der Waals surface area contributed by atoms with Gasteiger partial charge in [-0.15, -0.1) is 6.58 Å². The van der Waals surface area contributed by atoms with Gasteiger partial charge in [0, 0.05) is 16.0 Å². The highest BCUT2D eigenvalue weighted by Gasteiger charge is 2.23. The van der Waals surface area contributed by atoms with Crippen LogP contribution in [-0.2, 0) is 16.0 Å². The third-order valence-electron chi connectivity index (χ3n) is 6.43. The number of rotatable bonds is 9. The van der Waals surface area contributed by atoms with E-state index in [4.69, 9.17) is 14.5 Å². The predicted octanol–water partition coefficient (Wildman–Crippen LogP) is 5.38. The molecule has 0 bridgehead atoms. The fraction of sp³-hybridized carbons (Fsp3) is 0.357. The van der Waals surface area contributed by atoms with Gasteiger partial charge >= 0.3 is 5.97 Å². The summed E-state index contributed by atoms with van der Waals surface area (Å²) in [5.41, 5.74) is 1.93. The van der Waals surface area contributed by atoms with Gasteiger partial charge in [-0.05, 0) is 55.2 Å². The molecule has 0 radical (unpaired) electrons. The largest absolute Gasteiger partial charge is 0.493 e. The second kappa shape index (κ2) is 12.2. The summed E-state index contributed by atoms with van der Waals surface area (Å²) < 4.78 is 18.2. The fourth-order valence-electron chi connectivity index (χ4n) is 4.60. The van der Waals surface area contributed by atoms with Crippen LogP contribution in [0.1, 0.15) is 55.0 Å². The van der Waals surface area contributed by atoms with Gasteiger partial charge in [-0.25, -0.2) is 9.78 Å². The van der Waals surface area contributed by atoms with Crippen LogP contribution < -0.4 is 15.0 Å². The van der Waals surface area contributed by atoms with Gasteiger partial charge < -0.3 is 14.2 Å². The minimum absolute atomic E-state index is 0.173. The smallest absolute Gasteiger partial charge is 0.343 e. The van der Waals surface area contributed by atoms with E-state index in [2.05, 4.69) is 32.3 Å². The normalized spacial score (nSPS) is 14.1. The Bertz CT molecular complexity index is 1390. The van der Waals surface area contributed by atoms with Crippen molar-refractivity contribution >= 4 is 39.0 Å². The Kier molecular flexibility index (Phi) is 8.76. The van der Waals surface area contributed by atoms with Crippen LogP contribution in [0.2, 0.25) is 0 Å². The summed E-state index contributed by atoms with van der Waals surface area (Å²) in [5.74, 6) is 1.23. The molecule has 8 nitrogen and oxygen atoms in total. The van der Waals surface area contributed by atoms with Crippen molar-refractivity contribution in [1.82, 2.24) is 9.66 Å². The molecule has 0 unspecified atom stereocenters. The number of esters is 1. The average Bonchev–Trinajstić information content (AvgIpc) is 2.92. The van der Waals surface area contributed by atoms with Gasteiger partial charge in [0.05, 0.1) is 31.3 Å². The minimum Gasteiger partial charge on any atom is -0.493 e. The lowest BCUT2D eigenvalue weighted by molar-refractivity contribution is -0.142. The van der Waals surface area contributed by atoms with E-state index in [0.717, 1.165) is 35.7 Å². The summed E-state index contributed by atoms with van der Waals surface area (Å²) in [6.45, 7) is 3.57. The quantitative estimate of drug-likeness (QED) is 0.196. The van der Waals surface area contributed by atoms with E-state index < -0.39 is 5.97 Å². The summed E-state index contributed by atoms with van der Waals surface area (Å²) in [5, 5.41) is 5.13. The number of methoxy groups -OCH3 is 2. The highest BCUT2D eigenvalue weighted by molar-refractivity contribution is 9.10. The van der Waals surface area contributed by atoms with Crippen LogP contribution in [0.5, 0.6) is 11.5 Å². The standard InChI is InChI=1S/C28H30BrN3O5/c1-4-8-20-13-18(14-24(35-2)26(20)37-17-25(33)36-3)16-30-32-27(19-9-6-5-7-10-19)31-23-12-11-21(29)15-22(23)28(32)34/h4,11-16,19H,1,5-10,17H2,2-3H3. The molecule has 0 saturated heterocycles. The fourth-order valence-corrected chi connectivity index (χ4v) is 4.96. The maximum atomic E-state index is 13.6. The van der Waals surface area contributed by atoms with Gasteiger partial charge in [0.15, 0.2) is 18.1 Å². The Morgan fingerprint density at radius 1 is 1.22 bits per heavy atom. The van der Waals surface area contributed by atoms with Crippen molar-refractivity contribution in [3.05, 3.63) is 74.8 Å². The highest BCUT2D eigenvalue weighted by atomic mass is 79.9. The molecule has 0 N–H and O–H groups in total. The predicted molar refractivity (Wildman–Crippen MR) is 147 cm³/mol. The van der Waals surface area contributed by atoms with Gasteiger partial charge in [0.2, 0.25) is 0 Å². The lowest BCUT2D eigenvalue weighted by Crippen LogP contribution is -2.25. The number of carbonyl (C=O) groups is 1. The number of fused-ring (bicyclic) bond motifs is 1. The molecule has 4 rings (SSSR count).